The number of hydrogen-bond donors (Lipinski definition) is 2. The number of carbonyl (C=O) groups excluding carboxylic acids is 3. The number of allylic oxidation sites excluding steroid dienone is 1. The average molecular weight is 1110 g/mol. The highest BCUT2D eigenvalue weighted by Crippen LogP contribution is 2.42. The number of oxime groups is 1. The molecule has 0 aliphatic carbocycles. The molecule has 3 atom stereocenters. The van der Waals surface area contributed by atoms with Crippen LogP contribution in [0.1, 0.15) is 53.5 Å². The molecule has 3 unspecified atom stereocenters. The minimum atomic E-state index is -1.92. The Morgan fingerprint density at radius 3 is 1.90 bits per heavy atom. The Kier molecular flexibility index (Phi) is 17.6. The number of β-lactam (4-membered cyclic amide) rings is 1. The van der Waals surface area contributed by atoms with Crippen molar-refractivity contribution in [2.24, 2.45) is 12.2 Å². The van der Waals surface area contributed by atoms with Crippen molar-refractivity contribution in [1.82, 2.24) is 29.5 Å². The van der Waals surface area contributed by atoms with Gasteiger partial charge in [-0.1, -0.05) is 169 Å². The molecule has 1 saturated heterocycles. The second kappa shape index (κ2) is 25.0. The van der Waals surface area contributed by atoms with Gasteiger partial charge in [-0.2, -0.15) is 0 Å². The minimum Gasteiger partial charge on any atom is -0.614 e. The van der Waals surface area contributed by atoms with Crippen LogP contribution in [0.15, 0.2) is 200 Å². The maximum Gasteiger partial charge on any atom is 0.356 e. The fraction of sp³-hybridized carbons (Fsp3) is 0.228. The zero-order chi connectivity index (χ0) is 54.8. The van der Waals surface area contributed by atoms with E-state index in [0.717, 1.165) is 42.6 Å². The molecule has 0 radical (unpaired) electrons. The fourth-order valence-electron chi connectivity index (χ4n) is 9.18. The molecule has 9 rings (SSSR count). The summed E-state index contributed by atoms with van der Waals surface area (Å²) in [7, 11) is 2.67. The molecule has 0 bridgehead atoms. The van der Waals surface area contributed by atoms with Crippen LogP contribution in [0.4, 0.5) is 5.13 Å². The molecule has 18 nitrogen and oxygen atoms in total. The lowest BCUT2D eigenvalue weighted by Crippen LogP contribution is -2.75. The Balaban J connectivity index is 1.02. The van der Waals surface area contributed by atoms with Gasteiger partial charge in [-0.25, -0.2) is 14.5 Å². The number of thioether (sulfide) groups is 1. The van der Waals surface area contributed by atoms with Crippen LogP contribution in [0, 0.1) is 0 Å². The Morgan fingerprint density at radius 1 is 0.833 bits per heavy atom. The molecule has 1 fully saturated rings. The van der Waals surface area contributed by atoms with Crippen LogP contribution in [0.3, 0.4) is 0 Å². The van der Waals surface area contributed by atoms with Crippen molar-refractivity contribution in [2.45, 2.75) is 54.9 Å². The van der Waals surface area contributed by atoms with Crippen LogP contribution in [-0.2, 0) is 63.7 Å². The maximum atomic E-state index is 14.8. The first-order valence-electron chi connectivity index (χ1n) is 24.8. The molecule has 21 heteroatoms. The third kappa shape index (κ3) is 11.5. The van der Waals surface area contributed by atoms with Crippen LogP contribution in [0.25, 0.3) is 0 Å². The van der Waals surface area contributed by atoms with E-state index in [9.17, 15) is 28.5 Å². The van der Waals surface area contributed by atoms with Crippen molar-refractivity contribution in [3.63, 3.8) is 0 Å². The molecule has 2 aromatic heterocycles. The van der Waals surface area contributed by atoms with E-state index in [-0.39, 0.29) is 53.3 Å². The van der Waals surface area contributed by atoms with Gasteiger partial charge in [0.05, 0.1) is 6.54 Å². The van der Waals surface area contributed by atoms with Gasteiger partial charge in [-0.3, -0.25) is 28.6 Å². The molecule has 5 aromatic carbocycles. The van der Waals surface area contributed by atoms with Gasteiger partial charge in [0.15, 0.2) is 34.4 Å². The van der Waals surface area contributed by atoms with Crippen molar-refractivity contribution in [3.05, 3.63) is 234 Å². The number of fused-ring (bicyclic) bond motifs is 1. The van der Waals surface area contributed by atoms with Gasteiger partial charge < -0.3 is 34.2 Å². The number of rotatable bonds is 22. The van der Waals surface area contributed by atoms with E-state index in [0.29, 0.717) is 16.3 Å². The number of carbonyl (C=O) groups is 3. The van der Waals surface area contributed by atoms with Crippen molar-refractivity contribution in [2.75, 3.05) is 31.4 Å². The topological polar surface area (TPSA) is 221 Å². The smallest absolute Gasteiger partial charge is 0.356 e. The molecule has 2 amide bonds. The van der Waals surface area contributed by atoms with Gasteiger partial charge in [0.25, 0.3) is 11.8 Å². The molecule has 2 aliphatic heterocycles. The number of amides is 2. The van der Waals surface area contributed by atoms with Crippen LogP contribution < -0.4 is 21.8 Å². The van der Waals surface area contributed by atoms with Gasteiger partial charge in [0.1, 0.15) is 29.8 Å². The highest BCUT2D eigenvalue weighted by molar-refractivity contribution is 8.02. The number of benzene rings is 5. The number of nitrogens with one attached hydrogen (secondary N) is 2. The molecule has 78 heavy (non-hydrogen) atoms. The average Bonchev–Trinajstić information content (AvgIpc) is 4.08. The molecule has 2 N–H and O–H groups in total. The van der Waals surface area contributed by atoms with Crippen molar-refractivity contribution >= 4 is 62.9 Å². The minimum absolute atomic E-state index is 0.0950. The van der Waals surface area contributed by atoms with E-state index in [1.165, 1.54) is 37.0 Å². The number of hydrogen-bond acceptors (Lipinski definition) is 16. The zero-order valence-corrected chi connectivity index (χ0v) is 45.2. The number of aromatic nitrogens is 4. The molecular formula is C57H54N8O10S3. The standard InChI is InChI=1S/C57H54N8O10S3/c1-5-73-44(74-6-2)34-64-52(69)51(68)63(3)56(61-64)76-33-32-39-36-78(71)53-46(50(67)65(53)47(39)54(70)75-48(37-22-12-7-13-23-37)38-24-14-8-15-25-38)59-49(66)45(62-72-4)43-35-77-55(58-43)60-57(40-26-16-9-17-27-40,41-28-18-10-19-29-41)42-30-20-11-21-31-42/h7-33,35,44,46,48,53H,5-6,34,36H2,1-4H3,(H,58,60)(H,59,66). The SMILES string of the molecule is CCOC(Cn1nc(SC=CC2=C(C(=O)OC(c3ccccc3)c3ccccc3)N3C(=O)C(NC(=O)C(=NOC)c4csc(NC(c5ccccc5)(c5ccccc5)c5ccccc5)n4)C3[S+]([O-])C2)n(C)c(=O)c1=O)OCC. The molecule has 4 heterocycles. The van der Waals surface area contributed by atoms with E-state index in [4.69, 9.17) is 24.0 Å². The predicted molar refractivity (Wildman–Crippen MR) is 298 cm³/mol. The summed E-state index contributed by atoms with van der Waals surface area (Å²) in [5.41, 5.74) is 1.23. The largest absolute Gasteiger partial charge is 0.614 e. The summed E-state index contributed by atoms with van der Waals surface area (Å²) in [6.45, 7) is 3.96. The van der Waals surface area contributed by atoms with Gasteiger partial charge in [-0.05, 0) is 64.3 Å². The first kappa shape index (κ1) is 54.9. The summed E-state index contributed by atoms with van der Waals surface area (Å²) < 4.78 is 34.0. The summed E-state index contributed by atoms with van der Waals surface area (Å²) in [4.78, 5) is 81.1. The molecule has 2 aliphatic rings. The van der Waals surface area contributed by atoms with Crippen LogP contribution >= 0.6 is 23.1 Å². The first-order chi connectivity index (χ1) is 38.0. The van der Waals surface area contributed by atoms with E-state index >= 15 is 0 Å². The Bertz CT molecular complexity index is 3310. The summed E-state index contributed by atoms with van der Waals surface area (Å²) in [5.74, 6) is -2.75. The number of ether oxygens (including phenoxy) is 3. The van der Waals surface area contributed by atoms with Crippen LogP contribution in [0.5, 0.6) is 0 Å². The Labute approximate surface area is 460 Å². The maximum absolute atomic E-state index is 14.8. The summed E-state index contributed by atoms with van der Waals surface area (Å²) in [5, 5.41) is 17.3. The lowest BCUT2D eigenvalue weighted by Gasteiger charge is -2.49. The Morgan fingerprint density at radius 2 is 1.37 bits per heavy atom. The summed E-state index contributed by atoms with van der Waals surface area (Å²) in [6.07, 6.45) is -0.287. The van der Waals surface area contributed by atoms with Crippen molar-refractivity contribution in [1.29, 1.82) is 0 Å². The highest BCUT2D eigenvalue weighted by atomic mass is 32.2. The van der Waals surface area contributed by atoms with Crippen LogP contribution in [-0.4, -0.2) is 96.1 Å². The first-order valence-corrected chi connectivity index (χ1v) is 27.9. The normalized spacial score (nSPS) is 16.6. The van der Waals surface area contributed by atoms with Gasteiger partial charge in [-0.15, -0.1) is 16.4 Å². The van der Waals surface area contributed by atoms with Gasteiger partial charge in [0.2, 0.25) is 5.37 Å². The lowest BCUT2D eigenvalue weighted by atomic mass is 9.77. The van der Waals surface area contributed by atoms with E-state index in [1.54, 1.807) is 19.2 Å². The molecule has 0 saturated carbocycles. The van der Waals surface area contributed by atoms with Crippen LogP contribution in [0.2, 0.25) is 0 Å². The third-order valence-electron chi connectivity index (χ3n) is 12.8. The number of nitrogens with zero attached hydrogens (tertiary/aromatic N) is 6. The molecule has 400 valence electrons. The monoisotopic (exact) mass is 1110 g/mol. The lowest BCUT2D eigenvalue weighted by molar-refractivity contribution is -0.154. The molecule has 0 spiro atoms. The van der Waals surface area contributed by atoms with Gasteiger partial charge >= 0.3 is 17.1 Å². The zero-order valence-electron chi connectivity index (χ0n) is 42.8. The second-order valence-electron chi connectivity index (χ2n) is 17.6. The van der Waals surface area contributed by atoms with Crippen molar-refractivity contribution < 1.29 is 38.0 Å². The molecular weight excluding hydrogens is 1050 g/mol. The van der Waals surface area contributed by atoms with Gasteiger partial charge in [0, 0.05) is 31.2 Å². The predicted octanol–water partition coefficient (Wildman–Crippen LogP) is 6.86. The highest BCUT2D eigenvalue weighted by Gasteiger charge is 2.61. The quantitative estimate of drug-likeness (QED) is 0.00816. The third-order valence-corrected chi connectivity index (χ3v) is 16.0. The number of esters is 1. The van der Waals surface area contributed by atoms with E-state index < -0.39 is 69.4 Å². The van der Waals surface area contributed by atoms with Crippen molar-refractivity contribution in [3.8, 4) is 0 Å². The second-order valence-corrected chi connectivity index (χ2v) is 20.8. The Hall–Kier alpha value is -7.92. The fourth-order valence-corrected chi connectivity index (χ4v) is 12.3. The summed E-state index contributed by atoms with van der Waals surface area (Å²) in [6, 6.07) is 46.6. The van der Waals surface area contributed by atoms with E-state index in [1.807, 2.05) is 152 Å². The number of thiazole rings is 1. The number of anilines is 1. The molecule has 7 aromatic rings. The van der Waals surface area contributed by atoms with E-state index in [2.05, 4.69) is 20.9 Å². The summed E-state index contributed by atoms with van der Waals surface area (Å²) >= 11 is 0.255.